The number of nitrogens with zero attached hydrogens (tertiary/aromatic N) is 2. The number of thiophene rings is 1. The van der Waals surface area contributed by atoms with Gasteiger partial charge in [-0.1, -0.05) is 5.16 Å². The molecule has 0 fully saturated rings. The first-order valence-corrected chi connectivity index (χ1v) is 8.98. The second-order valence-electron chi connectivity index (χ2n) is 4.85. The van der Waals surface area contributed by atoms with Gasteiger partial charge in [0.1, 0.15) is 15.8 Å². The van der Waals surface area contributed by atoms with Crippen LogP contribution in [0.15, 0.2) is 45.3 Å². The summed E-state index contributed by atoms with van der Waals surface area (Å²) in [4.78, 5) is 5.09. The molecule has 0 radical (unpaired) electrons. The zero-order valence-electron chi connectivity index (χ0n) is 12.4. The van der Waals surface area contributed by atoms with Gasteiger partial charge in [0.05, 0.1) is 11.9 Å². The molecule has 23 heavy (non-hydrogen) atoms. The standard InChI is InChI=1S/C14H14N4O3S2/c1-9-7-13(17-21-9)16-12-5-4-11(8-15-12)18-23(19,20)14-6-3-10(2)22-14/h3-8,18H,1-2H3,(H,15,16,17). The highest BCUT2D eigenvalue weighted by Crippen LogP contribution is 2.23. The fourth-order valence-corrected chi connectivity index (χ4v) is 4.17. The van der Waals surface area contributed by atoms with Gasteiger partial charge in [0.2, 0.25) is 0 Å². The smallest absolute Gasteiger partial charge is 0.271 e. The van der Waals surface area contributed by atoms with Crippen LogP contribution in [0, 0.1) is 13.8 Å². The third kappa shape index (κ3) is 3.69. The van der Waals surface area contributed by atoms with Crippen molar-refractivity contribution in [2.75, 3.05) is 10.0 Å². The second-order valence-corrected chi connectivity index (χ2v) is 8.05. The lowest BCUT2D eigenvalue weighted by Crippen LogP contribution is -2.11. The van der Waals surface area contributed by atoms with E-state index in [-0.39, 0.29) is 4.21 Å². The Hall–Kier alpha value is -2.39. The summed E-state index contributed by atoms with van der Waals surface area (Å²) in [5, 5.41) is 6.76. The maximum absolute atomic E-state index is 12.2. The third-order valence-corrected chi connectivity index (χ3v) is 5.75. The van der Waals surface area contributed by atoms with E-state index >= 15 is 0 Å². The van der Waals surface area contributed by atoms with Crippen LogP contribution in [0.25, 0.3) is 0 Å². The highest BCUT2D eigenvalue weighted by atomic mass is 32.2. The minimum atomic E-state index is -3.58. The monoisotopic (exact) mass is 350 g/mol. The van der Waals surface area contributed by atoms with Gasteiger partial charge in [0.15, 0.2) is 5.82 Å². The first kappa shape index (κ1) is 15.5. The summed E-state index contributed by atoms with van der Waals surface area (Å²) in [7, 11) is -3.58. The molecule has 3 rings (SSSR count). The number of hydrogen-bond donors (Lipinski definition) is 2. The van der Waals surface area contributed by atoms with E-state index in [1.54, 1.807) is 37.3 Å². The van der Waals surface area contributed by atoms with Crippen LogP contribution < -0.4 is 10.0 Å². The van der Waals surface area contributed by atoms with Crippen molar-refractivity contribution in [1.82, 2.24) is 10.1 Å². The molecule has 0 aliphatic rings. The molecule has 3 aromatic heterocycles. The molecule has 9 heteroatoms. The van der Waals surface area contributed by atoms with Gasteiger partial charge in [-0.25, -0.2) is 13.4 Å². The van der Waals surface area contributed by atoms with Crippen LogP contribution in [-0.4, -0.2) is 18.6 Å². The summed E-state index contributed by atoms with van der Waals surface area (Å²) < 4.78 is 32.2. The second kappa shape index (κ2) is 6.01. The van der Waals surface area contributed by atoms with Crippen LogP contribution >= 0.6 is 11.3 Å². The van der Waals surface area contributed by atoms with Crippen molar-refractivity contribution in [3.05, 3.63) is 47.2 Å². The zero-order valence-corrected chi connectivity index (χ0v) is 14.0. The summed E-state index contributed by atoms with van der Waals surface area (Å²) in [6.45, 7) is 3.65. The Morgan fingerprint density at radius 1 is 1.13 bits per heavy atom. The van der Waals surface area contributed by atoms with Crippen molar-refractivity contribution in [2.24, 2.45) is 0 Å². The third-order valence-electron chi connectivity index (χ3n) is 2.88. The van der Waals surface area contributed by atoms with E-state index in [4.69, 9.17) is 4.52 Å². The molecule has 0 unspecified atom stereocenters. The molecule has 120 valence electrons. The summed E-state index contributed by atoms with van der Waals surface area (Å²) in [5.74, 6) is 1.76. The molecule has 3 aromatic rings. The molecule has 0 atom stereocenters. The van der Waals surface area contributed by atoms with E-state index in [1.807, 2.05) is 6.92 Å². The average Bonchev–Trinajstić information content (AvgIpc) is 3.10. The molecule has 0 spiro atoms. The Morgan fingerprint density at radius 2 is 1.96 bits per heavy atom. The maximum atomic E-state index is 12.2. The number of hydrogen-bond acceptors (Lipinski definition) is 7. The SMILES string of the molecule is Cc1cc(Nc2ccc(NS(=O)(=O)c3ccc(C)s3)cn2)no1. The molecular formula is C14H14N4O3S2. The van der Waals surface area contributed by atoms with E-state index < -0.39 is 10.0 Å². The lowest BCUT2D eigenvalue weighted by atomic mass is 10.4. The Balaban J connectivity index is 1.72. The van der Waals surface area contributed by atoms with Crippen molar-refractivity contribution in [3.63, 3.8) is 0 Å². The fraction of sp³-hybridized carbons (Fsp3) is 0.143. The maximum Gasteiger partial charge on any atom is 0.271 e. The summed E-state index contributed by atoms with van der Waals surface area (Å²) in [6, 6.07) is 8.36. The Kier molecular flexibility index (Phi) is 4.05. The van der Waals surface area contributed by atoms with Crippen LogP contribution in [0.5, 0.6) is 0 Å². The van der Waals surface area contributed by atoms with Crippen LogP contribution in [0.2, 0.25) is 0 Å². The Bertz CT molecular complexity index is 914. The predicted molar refractivity (Wildman–Crippen MR) is 88.6 cm³/mol. The average molecular weight is 350 g/mol. The quantitative estimate of drug-likeness (QED) is 0.733. The summed E-state index contributed by atoms with van der Waals surface area (Å²) in [5.41, 5.74) is 0.387. The van der Waals surface area contributed by atoms with Gasteiger partial charge < -0.3 is 9.84 Å². The number of rotatable bonds is 5. The number of aromatic nitrogens is 2. The molecule has 7 nitrogen and oxygen atoms in total. The Labute approximate surface area is 137 Å². The van der Waals surface area contributed by atoms with Crippen LogP contribution in [0.4, 0.5) is 17.3 Å². The van der Waals surface area contributed by atoms with Crippen molar-refractivity contribution in [2.45, 2.75) is 18.1 Å². The minimum absolute atomic E-state index is 0.273. The molecule has 0 amide bonds. The van der Waals surface area contributed by atoms with Crippen molar-refractivity contribution in [1.29, 1.82) is 0 Å². The number of sulfonamides is 1. The molecule has 0 aromatic carbocycles. The molecule has 0 aliphatic heterocycles. The fourth-order valence-electron chi connectivity index (χ4n) is 1.85. The van der Waals surface area contributed by atoms with Gasteiger partial charge in [-0.2, -0.15) is 0 Å². The van der Waals surface area contributed by atoms with Gasteiger partial charge in [-0.3, -0.25) is 4.72 Å². The zero-order chi connectivity index (χ0) is 16.4. The van der Waals surface area contributed by atoms with E-state index in [0.29, 0.717) is 23.1 Å². The highest BCUT2D eigenvalue weighted by Gasteiger charge is 2.16. The molecule has 2 N–H and O–H groups in total. The van der Waals surface area contributed by atoms with Crippen LogP contribution in [0.1, 0.15) is 10.6 Å². The van der Waals surface area contributed by atoms with E-state index in [9.17, 15) is 8.42 Å². The molecule has 3 heterocycles. The number of pyridine rings is 1. The van der Waals surface area contributed by atoms with E-state index in [2.05, 4.69) is 20.2 Å². The molecule has 0 bridgehead atoms. The van der Waals surface area contributed by atoms with E-state index in [0.717, 1.165) is 4.88 Å². The molecule has 0 saturated carbocycles. The lowest BCUT2D eigenvalue weighted by molar-refractivity contribution is 0.400. The number of anilines is 3. The summed E-state index contributed by atoms with van der Waals surface area (Å²) >= 11 is 1.22. The summed E-state index contributed by atoms with van der Waals surface area (Å²) in [6.07, 6.45) is 1.44. The lowest BCUT2D eigenvalue weighted by Gasteiger charge is -2.07. The highest BCUT2D eigenvalue weighted by molar-refractivity contribution is 7.94. The van der Waals surface area contributed by atoms with E-state index in [1.165, 1.54) is 17.5 Å². The van der Waals surface area contributed by atoms with Crippen molar-refractivity contribution in [3.8, 4) is 0 Å². The Morgan fingerprint density at radius 3 is 2.52 bits per heavy atom. The van der Waals surface area contributed by atoms with Crippen molar-refractivity contribution < 1.29 is 12.9 Å². The normalized spacial score (nSPS) is 11.4. The van der Waals surface area contributed by atoms with Crippen LogP contribution in [-0.2, 0) is 10.0 Å². The largest absolute Gasteiger partial charge is 0.360 e. The van der Waals surface area contributed by atoms with Gasteiger partial charge in [-0.15, -0.1) is 11.3 Å². The van der Waals surface area contributed by atoms with Crippen molar-refractivity contribution >= 4 is 38.7 Å². The van der Waals surface area contributed by atoms with Gasteiger partial charge in [0.25, 0.3) is 10.0 Å². The van der Waals surface area contributed by atoms with Gasteiger partial charge >= 0.3 is 0 Å². The first-order valence-electron chi connectivity index (χ1n) is 6.68. The topological polar surface area (TPSA) is 97.1 Å². The first-order chi connectivity index (χ1) is 10.9. The van der Waals surface area contributed by atoms with Gasteiger partial charge in [0, 0.05) is 10.9 Å². The molecular weight excluding hydrogens is 336 g/mol. The van der Waals surface area contributed by atoms with Gasteiger partial charge in [-0.05, 0) is 38.1 Å². The van der Waals surface area contributed by atoms with Crippen LogP contribution in [0.3, 0.4) is 0 Å². The number of nitrogens with one attached hydrogen (secondary N) is 2. The minimum Gasteiger partial charge on any atom is -0.360 e. The number of aryl methyl sites for hydroxylation is 2. The predicted octanol–water partition coefficient (Wildman–Crippen LogP) is 3.29. The molecule has 0 saturated heterocycles. The molecule has 0 aliphatic carbocycles.